The van der Waals surface area contributed by atoms with Gasteiger partial charge in [0.25, 0.3) is 5.91 Å². The van der Waals surface area contributed by atoms with Crippen LogP contribution in [0.2, 0.25) is 0 Å². The van der Waals surface area contributed by atoms with E-state index < -0.39 is 5.72 Å². The topological polar surface area (TPSA) is 55.4 Å². The molecule has 1 aromatic carbocycles. The van der Waals surface area contributed by atoms with Gasteiger partial charge in [-0.15, -0.1) is 0 Å². The van der Waals surface area contributed by atoms with E-state index >= 15 is 0 Å². The van der Waals surface area contributed by atoms with Crippen molar-refractivity contribution in [2.24, 2.45) is 0 Å². The lowest BCUT2D eigenvalue weighted by Crippen LogP contribution is -2.54. The van der Waals surface area contributed by atoms with E-state index in [1.54, 1.807) is 19.9 Å². The quantitative estimate of drug-likeness (QED) is 0.848. The number of ether oxygens (including phenoxy) is 1. The second-order valence-corrected chi connectivity index (χ2v) is 5.91. The van der Waals surface area contributed by atoms with E-state index in [1.807, 2.05) is 32.0 Å². The molecule has 1 aromatic rings. The molecule has 0 saturated heterocycles. The molecule has 4 nitrogen and oxygen atoms in total. The zero-order valence-electron chi connectivity index (χ0n) is 14.1. The highest BCUT2D eigenvalue weighted by Crippen LogP contribution is 2.31. The van der Waals surface area contributed by atoms with Gasteiger partial charge in [-0.1, -0.05) is 24.6 Å². The van der Waals surface area contributed by atoms with Crippen LogP contribution in [0.25, 0.3) is 0 Å². The lowest BCUT2D eigenvalue weighted by Gasteiger charge is -2.38. The van der Waals surface area contributed by atoms with E-state index in [0.717, 1.165) is 12.0 Å². The van der Waals surface area contributed by atoms with Crippen molar-refractivity contribution >= 4 is 11.7 Å². The van der Waals surface area contributed by atoms with Crippen molar-refractivity contribution in [1.82, 2.24) is 5.32 Å². The van der Waals surface area contributed by atoms with Crippen molar-refractivity contribution in [1.29, 1.82) is 0 Å². The maximum absolute atomic E-state index is 12.7. The van der Waals surface area contributed by atoms with Gasteiger partial charge in [0.05, 0.1) is 0 Å². The molecule has 0 bridgehead atoms. The summed E-state index contributed by atoms with van der Waals surface area (Å²) < 4.78 is 5.99. The number of aryl methyl sites for hydroxylation is 1. The van der Waals surface area contributed by atoms with Gasteiger partial charge in [0.2, 0.25) is 0 Å². The minimum absolute atomic E-state index is 0.0828. The van der Waals surface area contributed by atoms with Crippen LogP contribution in [0.15, 0.2) is 47.6 Å². The minimum atomic E-state index is -1.05. The van der Waals surface area contributed by atoms with Crippen LogP contribution in [0.4, 0.5) is 0 Å². The van der Waals surface area contributed by atoms with Gasteiger partial charge in [0, 0.05) is 12.2 Å². The fourth-order valence-corrected chi connectivity index (χ4v) is 2.72. The second-order valence-electron chi connectivity index (χ2n) is 5.91. The summed E-state index contributed by atoms with van der Waals surface area (Å²) in [5.74, 6) is -0.305. The third kappa shape index (κ3) is 3.59. The van der Waals surface area contributed by atoms with Crippen molar-refractivity contribution in [3.8, 4) is 0 Å². The highest BCUT2D eigenvalue weighted by molar-refractivity contribution is 6.03. The Labute approximate surface area is 137 Å². The number of hydrogen-bond donors (Lipinski definition) is 1. The van der Waals surface area contributed by atoms with Gasteiger partial charge in [-0.3, -0.25) is 9.59 Å². The predicted molar refractivity (Wildman–Crippen MR) is 90.1 cm³/mol. The summed E-state index contributed by atoms with van der Waals surface area (Å²) in [4.78, 5) is 24.4. The highest BCUT2D eigenvalue weighted by atomic mass is 16.5. The largest absolute Gasteiger partial charge is 0.348 e. The predicted octanol–water partition coefficient (Wildman–Crippen LogP) is 3.32. The fourth-order valence-electron chi connectivity index (χ4n) is 2.72. The average molecular weight is 313 g/mol. The van der Waals surface area contributed by atoms with E-state index in [9.17, 15) is 9.59 Å². The van der Waals surface area contributed by atoms with Crippen LogP contribution in [0.1, 0.15) is 43.1 Å². The number of carbonyl (C=O) groups excluding carboxylic acids is 2. The van der Waals surface area contributed by atoms with Gasteiger partial charge >= 0.3 is 0 Å². The first-order chi connectivity index (χ1) is 10.9. The van der Waals surface area contributed by atoms with Gasteiger partial charge in [-0.2, -0.15) is 0 Å². The van der Waals surface area contributed by atoms with Crippen LogP contribution < -0.4 is 5.32 Å². The molecule has 2 rings (SSSR count). The summed E-state index contributed by atoms with van der Waals surface area (Å²) in [6, 6.07) is 7.38. The Kier molecular flexibility index (Phi) is 5.16. The van der Waals surface area contributed by atoms with E-state index in [-0.39, 0.29) is 11.7 Å². The molecule has 23 heavy (non-hydrogen) atoms. The Morgan fingerprint density at radius 2 is 1.83 bits per heavy atom. The first kappa shape index (κ1) is 17.2. The third-order valence-electron chi connectivity index (χ3n) is 3.92. The molecule has 0 heterocycles. The SMILES string of the molecule is CCCOC1(NC(=O)c2cccc(C)c2)C(C)=CC(=O)C=C1C. The molecular weight excluding hydrogens is 290 g/mol. The number of ketones is 1. The molecule has 1 N–H and O–H groups in total. The maximum atomic E-state index is 12.7. The van der Waals surface area contributed by atoms with Crippen LogP contribution >= 0.6 is 0 Å². The average Bonchev–Trinajstić information content (AvgIpc) is 2.49. The monoisotopic (exact) mass is 313 g/mol. The second kappa shape index (κ2) is 6.92. The van der Waals surface area contributed by atoms with E-state index in [2.05, 4.69) is 5.32 Å². The Morgan fingerprint density at radius 1 is 1.17 bits per heavy atom. The standard InChI is InChI=1S/C19H23NO3/c1-5-9-23-19(14(3)11-17(21)12-15(19)4)20-18(22)16-8-6-7-13(2)10-16/h6-8,10-12H,5,9H2,1-4H3,(H,20,22). The lowest BCUT2D eigenvalue weighted by molar-refractivity contribution is -0.111. The molecule has 1 aliphatic carbocycles. The Hall–Kier alpha value is -2.20. The lowest BCUT2D eigenvalue weighted by atomic mass is 9.89. The number of rotatable bonds is 5. The highest BCUT2D eigenvalue weighted by Gasteiger charge is 2.39. The smallest absolute Gasteiger partial charge is 0.254 e. The van der Waals surface area contributed by atoms with Crippen molar-refractivity contribution < 1.29 is 14.3 Å². The minimum Gasteiger partial charge on any atom is -0.348 e. The van der Waals surface area contributed by atoms with Crippen LogP contribution in [0.5, 0.6) is 0 Å². The van der Waals surface area contributed by atoms with Crippen molar-refractivity contribution in [3.05, 3.63) is 58.7 Å². The molecule has 4 heteroatoms. The Morgan fingerprint density at radius 3 is 2.39 bits per heavy atom. The van der Waals surface area contributed by atoms with Crippen LogP contribution in [0, 0.1) is 6.92 Å². The number of amides is 1. The first-order valence-electron chi connectivity index (χ1n) is 7.83. The van der Waals surface area contributed by atoms with Gasteiger partial charge in [-0.05, 0) is 62.6 Å². The summed E-state index contributed by atoms with van der Waals surface area (Å²) in [6.07, 6.45) is 3.84. The molecule has 0 aromatic heterocycles. The van der Waals surface area contributed by atoms with Crippen molar-refractivity contribution in [2.45, 2.75) is 39.8 Å². The van der Waals surface area contributed by atoms with Gasteiger partial charge < -0.3 is 10.1 Å². The Balaban J connectivity index is 2.36. The van der Waals surface area contributed by atoms with E-state index in [0.29, 0.717) is 23.3 Å². The summed E-state index contributed by atoms with van der Waals surface area (Å²) >= 11 is 0. The molecule has 0 atom stereocenters. The molecule has 0 fully saturated rings. The van der Waals surface area contributed by atoms with Gasteiger partial charge in [-0.25, -0.2) is 0 Å². The number of nitrogens with one attached hydrogen (secondary N) is 1. The molecule has 0 aliphatic heterocycles. The maximum Gasteiger partial charge on any atom is 0.254 e. The normalized spacial score (nSPS) is 16.6. The molecule has 0 saturated carbocycles. The summed E-state index contributed by atoms with van der Waals surface area (Å²) in [6.45, 7) is 8.04. The first-order valence-corrected chi connectivity index (χ1v) is 7.83. The molecule has 0 spiro atoms. The number of benzene rings is 1. The number of allylic oxidation sites excluding steroid dienone is 2. The van der Waals surface area contributed by atoms with Gasteiger partial charge in [0.15, 0.2) is 11.5 Å². The van der Waals surface area contributed by atoms with Crippen molar-refractivity contribution in [2.75, 3.05) is 6.61 Å². The van der Waals surface area contributed by atoms with Crippen molar-refractivity contribution in [3.63, 3.8) is 0 Å². The summed E-state index contributed by atoms with van der Waals surface area (Å²) in [5, 5.41) is 2.98. The van der Waals surface area contributed by atoms with Gasteiger partial charge in [0.1, 0.15) is 0 Å². The zero-order valence-corrected chi connectivity index (χ0v) is 14.1. The third-order valence-corrected chi connectivity index (χ3v) is 3.92. The molecular formula is C19H23NO3. The van der Waals surface area contributed by atoms with Crippen LogP contribution in [-0.2, 0) is 9.53 Å². The molecule has 0 unspecified atom stereocenters. The molecule has 1 amide bonds. The molecule has 1 aliphatic rings. The van der Waals surface area contributed by atoms with E-state index in [1.165, 1.54) is 12.2 Å². The number of hydrogen-bond acceptors (Lipinski definition) is 3. The zero-order chi connectivity index (χ0) is 17.0. The number of carbonyl (C=O) groups is 2. The van der Waals surface area contributed by atoms with E-state index in [4.69, 9.17) is 4.74 Å². The molecule has 122 valence electrons. The van der Waals surface area contributed by atoms with Crippen LogP contribution in [-0.4, -0.2) is 24.0 Å². The Bertz CT molecular complexity index is 664. The fraction of sp³-hybridized carbons (Fsp3) is 0.368. The summed E-state index contributed by atoms with van der Waals surface area (Å²) in [5.41, 5.74) is 1.92. The van der Waals surface area contributed by atoms with Crippen LogP contribution in [0.3, 0.4) is 0 Å². The molecule has 0 radical (unpaired) electrons. The summed E-state index contributed by atoms with van der Waals surface area (Å²) in [7, 11) is 0.